The molecule has 184 valence electrons. The molecule has 1 aliphatic rings. The summed E-state index contributed by atoms with van der Waals surface area (Å²) >= 11 is 14.2. The molecular formula is C30H22Cl2N2O2S. The first-order chi connectivity index (χ1) is 18.0. The summed E-state index contributed by atoms with van der Waals surface area (Å²) in [5, 5.41) is 1.39. The minimum Gasteiger partial charge on any atom is -0.487 e. The van der Waals surface area contributed by atoms with Gasteiger partial charge >= 0.3 is 0 Å². The van der Waals surface area contributed by atoms with Crippen LogP contribution in [0.2, 0.25) is 10.0 Å². The molecule has 4 aromatic carbocycles. The SMILES string of the molecule is Cc1ccc(COc2c(Cl)cc(Cl)cc2/C=C2/SC(=Nc3ccccc3)N(c3ccccc3)C2=O)cc1. The molecule has 0 aromatic heterocycles. The summed E-state index contributed by atoms with van der Waals surface area (Å²) in [6.45, 7) is 2.37. The Morgan fingerprint density at radius 1 is 0.919 bits per heavy atom. The van der Waals surface area contributed by atoms with Gasteiger partial charge in [0.1, 0.15) is 12.4 Å². The molecule has 0 saturated carbocycles. The van der Waals surface area contributed by atoms with Gasteiger partial charge in [-0.05, 0) is 66.7 Å². The van der Waals surface area contributed by atoms with Crippen LogP contribution in [0.4, 0.5) is 11.4 Å². The molecule has 0 aliphatic carbocycles. The van der Waals surface area contributed by atoms with Crippen LogP contribution in [0.3, 0.4) is 0 Å². The topological polar surface area (TPSA) is 41.9 Å². The van der Waals surface area contributed by atoms with E-state index in [0.29, 0.717) is 38.0 Å². The van der Waals surface area contributed by atoms with E-state index in [1.807, 2.05) is 91.9 Å². The maximum absolute atomic E-state index is 13.7. The third-order valence-corrected chi connectivity index (χ3v) is 7.10. The van der Waals surface area contributed by atoms with E-state index in [2.05, 4.69) is 0 Å². The highest BCUT2D eigenvalue weighted by atomic mass is 35.5. The van der Waals surface area contributed by atoms with E-state index in [1.54, 1.807) is 23.1 Å². The van der Waals surface area contributed by atoms with Crippen molar-refractivity contribution in [1.29, 1.82) is 0 Å². The average molecular weight is 545 g/mol. The lowest BCUT2D eigenvalue weighted by atomic mass is 10.1. The molecule has 0 bridgehead atoms. The van der Waals surface area contributed by atoms with Crippen LogP contribution in [0, 0.1) is 6.92 Å². The predicted octanol–water partition coefficient (Wildman–Crippen LogP) is 8.69. The number of nitrogens with zero attached hydrogens (tertiary/aromatic N) is 2. The Kier molecular flexibility index (Phi) is 7.65. The van der Waals surface area contributed by atoms with Gasteiger partial charge in [-0.1, -0.05) is 89.4 Å². The largest absolute Gasteiger partial charge is 0.487 e. The molecule has 37 heavy (non-hydrogen) atoms. The second-order valence-corrected chi connectivity index (χ2v) is 10.2. The Labute approximate surface area is 230 Å². The number of hydrogen-bond donors (Lipinski definition) is 0. The molecule has 1 heterocycles. The Morgan fingerprint density at radius 2 is 1.59 bits per heavy atom. The number of ether oxygens (including phenoxy) is 1. The quantitative estimate of drug-likeness (QED) is 0.228. The van der Waals surface area contributed by atoms with Gasteiger partial charge in [-0.3, -0.25) is 9.69 Å². The third-order valence-electron chi connectivity index (χ3n) is 5.63. The van der Waals surface area contributed by atoms with Gasteiger partial charge in [0.2, 0.25) is 0 Å². The van der Waals surface area contributed by atoms with Gasteiger partial charge in [-0.15, -0.1) is 0 Å². The van der Waals surface area contributed by atoms with Gasteiger partial charge in [-0.2, -0.15) is 0 Å². The first kappa shape index (κ1) is 25.2. The number of aryl methyl sites for hydroxylation is 1. The lowest BCUT2D eigenvalue weighted by Crippen LogP contribution is -2.28. The number of carbonyl (C=O) groups is 1. The fourth-order valence-corrected chi connectivity index (χ4v) is 5.34. The van der Waals surface area contributed by atoms with Crippen LogP contribution in [0.15, 0.2) is 107 Å². The summed E-state index contributed by atoms with van der Waals surface area (Å²) < 4.78 is 6.13. The number of anilines is 1. The summed E-state index contributed by atoms with van der Waals surface area (Å²) in [7, 11) is 0. The molecule has 0 spiro atoms. The average Bonchev–Trinajstić information content (AvgIpc) is 3.19. The van der Waals surface area contributed by atoms with E-state index >= 15 is 0 Å². The zero-order valence-electron chi connectivity index (χ0n) is 19.9. The van der Waals surface area contributed by atoms with Crippen molar-refractivity contribution in [3.05, 3.63) is 129 Å². The number of benzene rings is 4. The van der Waals surface area contributed by atoms with Gasteiger partial charge < -0.3 is 4.74 Å². The molecule has 5 rings (SSSR count). The Hall–Kier alpha value is -3.51. The normalized spacial score (nSPS) is 15.5. The van der Waals surface area contributed by atoms with Gasteiger partial charge in [0, 0.05) is 10.6 Å². The van der Waals surface area contributed by atoms with E-state index in [4.69, 9.17) is 32.9 Å². The minimum absolute atomic E-state index is 0.188. The summed E-state index contributed by atoms with van der Waals surface area (Å²) in [5.74, 6) is 0.277. The van der Waals surface area contributed by atoms with Crippen LogP contribution in [0.25, 0.3) is 6.08 Å². The summed E-state index contributed by atoms with van der Waals surface area (Å²) in [4.78, 5) is 20.5. The van der Waals surface area contributed by atoms with Gasteiger partial charge in [0.25, 0.3) is 5.91 Å². The molecule has 0 atom stereocenters. The molecule has 1 saturated heterocycles. The van der Waals surface area contributed by atoms with Gasteiger partial charge in [-0.25, -0.2) is 4.99 Å². The molecule has 4 nitrogen and oxygen atoms in total. The number of carbonyl (C=O) groups excluding carboxylic acids is 1. The summed E-state index contributed by atoms with van der Waals surface area (Å²) in [6.07, 6.45) is 1.76. The van der Waals surface area contributed by atoms with E-state index in [0.717, 1.165) is 16.9 Å². The fraction of sp³-hybridized carbons (Fsp3) is 0.0667. The van der Waals surface area contributed by atoms with Crippen molar-refractivity contribution in [3.63, 3.8) is 0 Å². The lowest BCUT2D eigenvalue weighted by molar-refractivity contribution is -0.113. The van der Waals surface area contributed by atoms with Crippen LogP contribution >= 0.6 is 35.0 Å². The van der Waals surface area contributed by atoms with Crippen molar-refractivity contribution in [2.45, 2.75) is 13.5 Å². The Morgan fingerprint density at radius 3 is 2.30 bits per heavy atom. The molecular weight excluding hydrogens is 523 g/mol. The first-order valence-corrected chi connectivity index (χ1v) is 13.2. The predicted molar refractivity (Wildman–Crippen MR) is 155 cm³/mol. The number of amides is 1. The van der Waals surface area contributed by atoms with Crippen molar-refractivity contribution < 1.29 is 9.53 Å². The number of aliphatic imine (C=N–C) groups is 1. The van der Waals surface area contributed by atoms with Crippen LogP contribution < -0.4 is 9.64 Å². The number of rotatable bonds is 6. The van der Waals surface area contributed by atoms with Gasteiger partial charge in [0.05, 0.1) is 21.3 Å². The second-order valence-electron chi connectivity index (χ2n) is 8.40. The van der Waals surface area contributed by atoms with Crippen LogP contribution in [-0.4, -0.2) is 11.1 Å². The second kappa shape index (κ2) is 11.3. The Bertz CT molecular complexity index is 1490. The highest BCUT2D eigenvalue weighted by molar-refractivity contribution is 8.19. The van der Waals surface area contributed by atoms with Crippen LogP contribution in [0.1, 0.15) is 16.7 Å². The highest BCUT2D eigenvalue weighted by Crippen LogP contribution is 2.40. The van der Waals surface area contributed by atoms with Crippen molar-refractivity contribution >= 4 is 63.5 Å². The number of para-hydroxylation sites is 2. The molecule has 1 fully saturated rings. The zero-order valence-corrected chi connectivity index (χ0v) is 22.2. The third kappa shape index (κ3) is 5.91. The van der Waals surface area contributed by atoms with Gasteiger partial charge in [0.15, 0.2) is 5.17 Å². The monoisotopic (exact) mass is 544 g/mol. The number of halogens is 2. The number of hydrogen-bond acceptors (Lipinski definition) is 4. The molecule has 7 heteroatoms. The highest BCUT2D eigenvalue weighted by Gasteiger charge is 2.35. The fourth-order valence-electron chi connectivity index (χ4n) is 3.79. The lowest BCUT2D eigenvalue weighted by Gasteiger charge is -2.15. The zero-order chi connectivity index (χ0) is 25.8. The Balaban J connectivity index is 1.52. The van der Waals surface area contributed by atoms with Crippen LogP contribution in [0.5, 0.6) is 5.75 Å². The molecule has 1 amide bonds. The van der Waals surface area contributed by atoms with E-state index in [1.165, 1.54) is 17.3 Å². The number of amidine groups is 1. The van der Waals surface area contributed by atoms with E-state index in [9.17, 15) is 4.79 Å². The van der Waals surface area contributed by atoms with Crippen molar-refractivity contribution in [3.8, 4) is 5.75 Å². The standard InChI is InChI=1S/C30H22Cl2N2O2S/c1-20-12-14-21(15-13-20)19-36-28-22(16-23(31)18-26(28)32)17-27-29(35)34(25-10-6-3-7-11-25)30(37-27)33-24-8-4-2-5-9-24/h2-18H,19H2,1H3/b27-17+,33-30?. The molecule has 4 aromatic rings. The van der Waals surface area contributed by atoms with Crippen LogP contribution in [-0.2, 0) is 11.4 Å². The first-order valence-electron chi connectivity index (χ1n) is 11.6. The van der Waals surface area contributed by atoms with E-state index < -0.39 is 0 Å². The van der Waals surface area contributed by atoms with Crippen molar-refractivity contribution in [2.24, 2.45) is 4.99 Å². The minimum atomic E-state index is -0.188. The van der Waals surface area contributed by atoms with Crippen molar-refractivity contribution in [1.82, 2.24) is 0 Å². The smallest absolute Gasteiger partial charge is 0.271 e. The maximum Gasteiger partial charge on any atom is 0.271 e. The molecule has 0 radical (unpaired) electrons. The van der Waals surface area contributed by atoms with E-state index in [-0.39, 0.29) is 5.91 Å². The molecule has 0 N–H and O–H groups in total. The summed E-state index contributed by atoms with van der Waals surface area (Å²) in [6, 6.07) is 30.5. The molecule has 0 unspecified atom stereocenters. The maximum atomic E-state index is 13.7. The summed E-state index contributed by atoms with van der Waals surface area (Å²) in [5.41, 5.74) is 4.29. The number of thioether (sulfide) groups is 1. The van der Waals surface area contributed by atoms with Crippen molar-refractivity contribution in [2.75, 3.05) is 4.90 Å². The molecule has 1 aliphatic heterocycles.